The molecule has 62 valence electrons. The minimum absolute atomic E-state index is 0.793. The Labute approximate surface area is 73.6 Å². The highest BCUT2D eigenvalue weighted by Crippen LogP contribution is 2.70. The van der Waals surface area contributed by atoms with E-state index >= 15 is 0 Å². The van der Waals surface area contributed by atoms with E-state index in [0.29, 0.717) is 0 Å². The largest absolute Gasteiger partial charge is 0.0622 e. The van der Waals surface area contributed by atoms with Crippen molar-refractivity contribution in [2.75, 3.05) is 0 Å². The van der Waals surface area contributed by atoms with E-state index in [1.54, 1.807) is 5.56 Å². The second kappa shape index (κ2) is 2.12. The minimum atomic E-state index is 0.793. The van der Waals surface area contributed by atoms with Crippen molar-refractivity contribution in [1.82, 2.24) is 0 Å². The molecule has 0 radical (unpaired) electrons. The molecule has 2 saturated carbocycles. The predicted octanol–water partition coefficient (Wildman–Crippen LogP) is 3.34. The minimum Gasteiger partial charge on any atom is -0.0622 e. The highest BCUT2D eigenvalue weighted by molar-refractivity contribution is 5.31. The molecule has 1 aromatic carbocycles. The van der Waals surface area contributed by atoms with Gasteiger partial charge in [0.2, 0.25) is 0 Å². The van der Waals surface area contributed by atoms with Gasteiger partial charge in [0.1, 0.15) is 0 Å². The first-order valence-corrected chi connectivity index (χ1v) is 4.96. The van der Waals surface area contributed by atoms with Gasteiger partial charge in [0.15, 0.2) is 0 Å². The molecule has 12 heavy (non-hydrogen) atoms. The molecule has 1 atom stereocenters. The standard InChI is InChI=1S/C12H14/c1-2-5-10(6-3-1)11-9-12(11)7-4-8-12/h1-3,5-6,11H,4,7-9H2. The van der Waals surface area contributed by atoms with Crippen LogP contribution < -0.4 is 0 Å². The van der Waals surface area contributed by atoms with Crippen LogP contribution in [0.3, 0.4) is 0 Å². The van der Waals surface area contributed by atoms with E-state index in [1.165, 1.54) is 25.7 Å². The molecule has 0 heterocycles. The molecular formula is C12H14. The normalized spacial score (nSPS) is 29.8. The third-order valence-corrected chi connectivity index (χ3v) is 3.74. The summed E-state index contributed by atoms with van der Waals surface area (Å²) < 4.78 is 0. The first kappa shape index (κ1) is 6.71. The highest BCUT2D eigenvalue weighted by Gasteiger charge is 2.57. The smallest absolute Gasteiger partial charge is 0.00996 e. The molecule has 2 aliphatic carbocycles. The van der Waals surface area contributed by atoms with Crippen LogP contribution in [-0.4, -0.2) is 0 Å². The third-order valence-electron chi connectivity index (χ3n) is 3.74. The summed E-state index contributed by atoms with van der Waals surface area (Å²) in [5.41, 5.74) is 2.37. The number of hydrogen-bond donors (Lipinski definition) is 0. The van der Waals surface area contributed by atoms with Crippen molar-refractivity contribution in [3.63, 3.8) is 0 Å². The lowest BCUT2D eigenvalue weighted by Crippen LogP contribution is -2.13. The van der Waals surface area contributed by atoms with Crippen LogP contribution >= 0.6 is 0 Å². The van der Waals surface area contributed by atoms with Gasteiger partial charge in [-0.2, -0.15) is 0 Å². The fourth-order valence-corrected chi connectivity index (χ4v) is 2.69. The van der Waals surface area contributed by atoms with Crippen molar-refractivity contribution in [3.8, 4) is 0 Å². The summed E-state index contributed by atoms with van der Waals surface area (Å²) >= 11 is 0. The topological polar surface area (TPSA) is 0 Å². The van der Waals surface area contributed by atoms with E-state index < -0.39 is 0 Å². The van der Waals surface area contributed by atoms with Gasteiger partial charge in [-0.05, 0) is 36.2 Å². The van der Waals surface area contributed by atoms with E-state index in [0.717, 1.165) is 11.3 Å². The number of rotatable bonds is 1. The number of hydrogen-bond acceptors (Lipinski definition) is 0. The fraction of sp³-hybridized carbons (Fsp3) is 0.500. The predicted molar refractivity (Wildman–Crippen MR) is 50.1 cm³/mol. The maximum Gasteiger partial charge on any atom is -0.00996 e. The average Bonchev–Trinajstić information content (AvgIpc) is 2.80. The lowest BCUT2D eigenvalue weighted by atomic mass is 9.79. The zero-order chi connectivity index (χ0) is 8.02. The molecule has 0 amide bonds. The van der Waals surface area contributed by atoms with Gasteiger partial charge in [-0.25, -0.2) is 0 Å². The lowest BCUT2D eigenvalue weighted by molar-refractivity contribution is 0.277. The molecule has 2 aliphatic rings. The number of benzene rings is 1. The zero-order valence-corrected chi connectivity index (χ0v) is 7.29. The van der Waals surface area contributed by atoms with Crippen molar-refractivity contribution < 1.29 is 0 Å². The van der Waals surface area contributed by atoms with Gasteiger partial charge < -0.3 is 0 Å². The molecule has 0 nitrogen and oxygen atoms in total. The maximum atomic E-state index is 2.29. The Morgan fingerprint density at radius 2 is 1.83 bits per heavy atom. The fourth-order valence-electron chi connectivity index (χ4n) is 2.69. The Hall–Kier alpha value is -0.780. The summed E-state index contributed by atoms with van der Waals surface area (Å²) in [7, 11) is 0. The Morgan fingerprint density at radius 1 is 1.08 bits per heavy atom. The summed E-state index contributed by atoms with van der Waals surface area (Å²) in [6, 6.07) is 11.0. The van der Waals surface area contributed by atoms with Crippen LogP contribution in [0.25, 0.3) is 0 Å². The lowest BCUT2D eigenvalue weighted by Gasteiger charge is -2.26. The molecule has 1 unspecified atom stereocenters. The van der Waals surface area contributed by atoms with Crippen LogP contribution in [0.2, 0.25) is 0 Å². The van der Waals surface area contributed by atoms with Crippen molar-refractivity contribution in [2.45, 2.75) is 31.6 Å². The first-order chi connectivity index (χ1) is 5.91. The van der Waals surface area contributed by atoms with E-state index in [2.05, 4.69) is 30.3 Å². The van der Waals surface area contributed by atoms with Crippen LogP contribution in [0.5, 0.6) is 0 Å². The van der Waals surface area contributed by atoms with Crippen molar-refractivity contribution in [1.29, 1.82) is 0 Å². The first-order valence-electron chi connectivity index (χ1n) is 4.96. The second-order valence-electron chi connectivity index (χ2n) is 4.38. The molecule has 0 bridgehead atoms. The van der Waals surface area contributed by atoms with Gasteiger partial charge in [0.05, 0.1) is 0 Å². The molecular weight excluding hydrogens is 144 g/mol. The van der Waals surface area contributed by atoms with Crippen LogP contribution in [0.4, 0.5) is 0 Å². The van der Waals surface area contributed by atoms with Crippen molar-refractivity contribution in [3.05, 3.63) is 35.9 Å². The molecule has 1 aromatic rings. The van der Waals surface area contributed by atoms with E-state index in [1.807, 2.05) is 0 Å². The van der Waals surface area contributed by atoms with E-state index in [4.69, 9.17) is 0 Å². The van der Waals surface area contributed by atoms with Crippen molar-refractivity contribution in [2.24, 2.45) is 5.41 Å². The van der Waals surface area contributed by atoms with Gasteiger partial charge >= 0.3 is 0 Å². The van der Waals surface area contributed by atoms with Crippen LogP contribution in [0.15, 0.2) is 30.3 Å². The highest BCUT2D eigenvalue weighted by atomic mass is 14.6. The summed E-state index contributed by atoms with van der Waals surface area (Å²) in [5.74, 6) is 0.924. The van der Waals surface area contributed by atoms with Crippen LogP contribution in [0, 0.1) is 5.41 Å². The summed E-state index contributed by atoms with van der Waals surface area (Å²) in [5, 5.41) is 0. The Kier molecular flexibility index (Phi) is 1.19. The molecule has 0 saturated heterocycles. The maximum absolute atomic E-state index is 2.29. The Morgan fingerprint density at radius 3 is 2.33 bits per heavy atom. The SMILES string of the molecule is c1ccc(C2CC23CCC3)cc1. The van der Waals surface area contributed by atoms with Crippen LogP contribution in [-0.2, 0) is 0 Å². The molecule has 0 aliphatic heterocycles. The molecule has 2 fully saturated rings. The molecule has 0 aromatic heterocycles. The van der Waals surface area contributed by atoms with Gasteiger partial charge in [-0.1, -0.05) is 36.8 Å². The monoisotopic (exact) mass is 158 g/mol. The quantitative estimate of drug-likeness (QED) is 0.588. The third kappa shape index (κ3) is 0.782. The summed E-state index contributed by atoms with van der Waals surface area (Å²) in [6.07, 6.45) is 5.93. The average molecular weight is 158 g/mol. The Balaban J connectivity index is 1.85. The molecule has 0 heteroatoms. The van der Waals surface area contributed by atoms with Gasteiger partial charge in [-0.3, -0.25) is 0 Å². The van der Waals surface area contributed by atoms with Crippen molar-refractivity contribution >= 4 is 0 Å². The zero-order valence-electron chi connectivity index (χ0n) is 7.29. The van der Waals surface area contributed by atoms with Crippen LogP contribution in [0.1, 0.15) is 37.2 Å². The Bertz CT molecular complexity index is 282. The molecule has 0 N–H and O–H groups in total. The summed E-state index contributed by atoms with van der Waals surface area (Å²) in [4.78, 5) is 0. The van der Waals surface area contributed by atoms with E-state index in [9.17, 15) is 0 Å². The second-order valence-corrected chi connectivity index (χ2v) is 4.38. The van der Waals surface area contributed by atoms with E-state index in [-0.39, 0.29) is 0 Å². The van der Waals surface area contributed by atoms with Gasteiger partial charge in [0.25, 0.3) is 0 Å². The van der Waals surface area contributed by atoms with Gasteiger partial charge in [0, 0.05) is 0 Å². The van der Waals surface area contributed by atoms with Gasteiger partial charge in [-0.15, -0.1) is 0 Å². The summed E-state index contributed by atoms with van der Waals surface area (Å²) in [6.45, 7) is 0. The molecule has 3 rings (SSSR count). The molecule has 1 spiro atoms.